The van der Waals surface area contributed by atoms with Crippen LogP contribution in [0.3, 0.4) is 0 Å². The normalized spacial score (nSPS) is 11.0. The molecule has 29 heavy (non-hydrogen) atoms. The zero-order valence-electron chi connectivity index (χ0n) is 16.3. The number of sulfonamides is 1. The average molecular weight is 418 g/mol. The number of hydrogen-bond donors (Lipinski definition) is 1. The van der Waals surface area contributed by atoms with E-state index in [0.717, 1.165) is 0 Å². The van der Waals surface area contributed by atoms with Crippen LogP contribution in [0.2, 0.25) is 0 Å². The second-order valence-electron chi connectivity index (χ2n) is 6.26. The molecule has 0 heterocycles. The Bertz CT molecular complexity index is 995. The van der Waals surface area contributed by atoms with Gasteiger partial charge in [0.25, 0.3) is 0 Å². The van der Waals surface area contributed by atoms with Gasteiger partial charge in [0, 0.05) is 6.04 Å². The fourth-order valence-corrected chi connectivity index (χ4v) is 3.84. The van der Waals surface area contributed by atoms with Gasteiger partial charge in [0.05, 0.1) is 24.3 Å². The van der Waals surface area contributed by atoms with Crippen LogP contribution < -0.4 is 14.2 Å². The Hall–Kier alpha value is -3.09. The quantitative estimate of drug-likeness (QED) is 0.491. The van der Waals surface area contributed by atoms with Gasteiger partial charge < -0.3 is 14.2 Å². The summed E-state index contributed by atoms with van der Waals surface area (Å²) >= 11 is 0. The highest BCUT2D eigenvalue weighted by molar-refractivity contribution is 7.89. The molecule has 0 saturated heterocycles. The molecule has 0 fully saturated rings. The molecule has 0 aliphatic rings. The summed E-state index contributed by atoms with van der Waals surface area (Å²) < 4.78 is 43.1. The van der Waals surface area contributed by atoms with Crippen molar-refractivity contribution < 1.29 is 27.4 Å². The van der Waals surface area contributed by atoms with Crippen molar-refractivity contribution in [1.29, 1.82) is 5.26 Å². The van der Waals surface area contributed by atoms with Crippen molar-refractivity contribution in [3.05, 3.63) is 53.6 Å². The van der Waals surface area contributed by atoms with E-state index in [-0.39, 0.29) is 35.5 Å². The number of nitriles is 1. The molecule has 0 aliphatic heterocycles. The van der Waals surface area contributed by atoms with E-state index in [1.807, 2.05) is 6.07 Å². The average Bonchev–Trinajstić information content (AvgIpc) is 2.70. The molecule has 2 aromatic rings. The summed E-state index contributed by atoms with van der Waals surface area (Å²) in [4.78, 5) is 12.1. The van der Waals surface area contributed by atoms with E-state index in [1.165, 1.54) is 25.3 Å². The molecule has 0 unspecified atom stereocenters. The Balaban J connectivity index is 2.01. The van der Waals surface area contributed by atoms with Gasteiger partial charge >= 0.3 is 5.97 Å². The number of carbonyl (C=O) groups is 1. The van der Waals surface area contributed by atoms with Crippen LogP contribution in [0.1, 0.15) is 29.8 Å². The Morgan fingerprint density at radius 3 is 2.41 bits per heavy atom. The van der Waals surface area contributed by atoms with Crippen LogP contribution in [-0.2, 0) is 14.8 Å². The van der Waals surface area contributed by atoms with E-state index in [1.54, 1.807) is 38.1 Å². The van der Waals surface area contributed by atoms with Gasteiger partial charge in [-0.25, -0.2) is 17.9 Å². The highest BCUT2D eigenvalue weighted by Crippen LogP contribution is 2.25. The molecule has 0 bridgehead atoms. The first-order chi connectivity index (χ1) is 13.8. The smallest absolute Gasteiger partial charge is 0.338 e. The Morgan fingerprint density at radius 2 is 1.83 bits per heavy atom. The molecule has 0 radical (unpaired) electrons. The van der Waals surface area contributed by atoms with Gasteiger partial charge in [-0.3, -0.25) is 0 Å². The topological polar surface area (TPSA) is 115 Å². The second-order valence-corrected chi connectivity index (χ2v) is 7.94. The molecule has 2 aromatic carbocycles. The van der Waals surface area contributed by atoms with Crippen LogP contribution in [0.4, 0.5) is 0 Å². The summed E-state index contributed by atoms with van der Waals surface area (Å²) in [5, 5.41) is 8.76. The van der Waals surface area contributed by atoms with E-state index in [9.17, 15) is 13.2 Å². The van der Waals surface area contributed by atoms with Gasteiger partial charge in [0.2, 0.25) is 10.0 Å². The number of ether oxygens (including phenoxy) is 3. The summed E-state index contributed by atoms with van der Waals surface area (Å²) in [6.07, 6.45) is 0. The van der Waals surface area contributed by atoms with Gasteiger partial charge in [0.1, 0.15) is 29.6 Å². The molecule has 0 spiro atoms. The van der Waals surface area contributed by atoms with Crippen molar-refractivity contribution >= 4 is 16.0 Å². The number of nitrogens with zero attached hydrogens (tertiary/aromatic N) is 1. The molecule has 0 aliphatic carbocycles. The van der Waals surface area contributed by atoms with E-state index < -0.39 is 16.0 Å². The lowest BCUT2D eigenvalue weighted by Crippen LogP contribution is -2.30. The molecule has 8 nitrogen and oxygen atoms in total. The third-order valence-corrected chi connectivity index (χ3v) is 5.33. The fourth-order valence-electron chi connectivity index (χ4n) is 2.39. The van der Waals surface area contributed by atoms with Gasteiger partial charge in [-0.2, -0.15) is 5.26 Å². The summed E-state index contributed by atoms with van der Waals surface area (Å²) in [5.74, 6) is -0.0198. The zero-order chi connectivity index (χ0) is 21.4. The van der Waals surface area contributed by atoms with Crippen LogP contribution in [-0.4, -0.2) is 40.8 Å². The standard InChI is InChI=1S/C20H22N2O6S/c1-14(2)22-29(24,25)19-12-16(6-9-18(19)26-3)20(23)28-11-10-27-17-7-4-15(13-21)5-8-17/h4-9,12,14,22H,10-11H2,1-3H3. The highest BCUT2D eigenvalue weighted by atomic mass is 32.2. The van der Waals surface area contributed by atoms with E-state index >= 15 is 0 Å². The van der Waals surface area contributed by atoms with Crippen molar-refractivity contribution in [3.8, 4) is 17.6 Å². The minimum absolute atomic E-state index is 0.0306. The Morgan fingerprint density at radius 1 is 1.14 bits per heavy atom. The predicted octanol–water partition coefficient (Wildman–Crippen LogP) is 2.49. The largest absolute Gasteiger partial charge is 0.495 e. The molecular formula is C20H22N2O6S. The van der Waals surface area contributed by atoms with Crippen molar-refractivity contribution in [2.24, 2.45) is 0 Å². The maximum atomic E-state index is 12.5. The van der Waals surface area contributed by atoms with Crippen LogP contribution in [0, 0.1) is 11.3 Å². The van der Waals surface area contributed by atoms with Gasteiger partial charge in [0.15, 0.2) is 0 Å². The van der Waals surface area contributed by atoms with Gasteiger partial charge in [-0.1, -0.05) is 0 Å². The monoisotopic (exact) mass is 418 g/mol. The van der Waals surface area contributed by atoms with Crippen LogP contribution >= 0.6 is 0 Å². The van der Waals surface area contributed by atoms with E-state index in [2.05, 4.69) is 4.72 Å². The summed E-state index contributed by atoms with van der Waals surface area (Å²) in [5.41, 5.74) is 0.592. The molecule has 0 amide bonds. The van der Waals surface area contributed by atoms with Crippen molar-refractivity contribution in [2.75, 3.05) is 20.3 Å². The van der Waals surface area contributed by atoms with Crippen molar-refractivity contribution in [1.82, 2.24) is 4.72 Å². The molecule has 0 atom stereocenters. The highest BCUT2D eigenvalue weighted by Gasteiger charge is 2.22. The number of hydrogen-bond acceptors (Lipinski definition) is 7. The molecule has 154 valence electrons. The minimum Gasteiger partial charge on any atom is -0.495 e. The Labute approximate surface area is 170 Å². The number of esters is 1. The first-order valence-electron chi connectivity index (χ1n) is 8.77. The van der Waals surface area contributed by atoms with Crippen LogP contribution in [0.15, 0.2) is 47.4 Å². The Kier molecular flexibility index (Phi) is 7.59. The minimum atomic E-state index is -3.86. The number of rotatable bonds is 9. The molecule has 1 N–H and O–H groups in total. The molecular weight excluding hydrogens is 396 g/mol. The SMILES string of the molecule is COc1ccc(C(=O)OCCOc2ccc(C#N)cc2)cc1S(=O)(=O)NC(C)C. The van der Waals surface area contributed by atoms with Crippen LogP contribution in [0.25, 0.3) is 0 Å². The lowest BCUT2D eigenvalue weighted by atomic mass is 10.2. The number of benzene rings is 2. The number of methoxy groups -OCH3 is 1. The molecule has 0 aromatic heterocycles. The molecule has 2 rings (SSSR count). The van der Waals surface area contributed by atoms with Crippen molar-refractivity contribution in [2.45, 2.75) is 24.8 Å². The maximum absolute atomic E-state index is 12.5. The first kappa shape index (κ1) is 22.2. The second kappa shape index (κ2) is 9.91. The van der Waals surface area contributed by atoms with E-state index in [4.69, 9.17) is 19.5 Å². The molecule has 9 heteroatoms. The summed E-state index contributed by atoms with van der Waals surface area (Å²) in [7, 11) is -2.51. The van der Waals surface area contributed by atoms with Gasteiger partial charge in [-0.05, 0) is 56.3 Å². The van der Waals surface area contributed by atoms with Gasteiger partial charge in [-0.15, -0.1) is 0 Å². The summed E-state index contributed by atoms with van der Waals surface area (Å²) in [6.45, 7) is 3.46. The maximum Gasteiger partial charge on any atom is 0.338 e. The van der Waals surface area contributed by atoms with Crippen molar-refractivity contribution in [3.63, 3.8) is 0 Å². The lowest BCUT2D eigenvalue weighted by Gasteiger charge is -2.14. The number of carbonyl (C=O) groups excluding carboxylic acids is 1. The third kappa shape index (κ3) is 6.20. The summed E-state index contributed by atoms with van der Waals surface area (Å²) in [6, 6.07) is 12.2. The van der Waals surface area contributed by atoms with Crippen LogP contribution in [0.5, 0.6) is 11.5 Å². The number of nitrogens with one attached hydrogen (secondary N) is 1. The fraction of sp³-hybridized carbons (Fsp3) is 0.300. The molecule has 0 saturated carbocycles. The predicted molar refractivity (Wildman–Crippen MR) is 105 cm³/mol. The lowest BCUT2D eigenvalue weighted by molar-refractivity contribution is 0.0450. The first-order valence-corrected chi connectivity index (χ1v) is 10.3. The van der Waals surface area contributed by atoms with E-state index in [0.29, 0.717) is 11.3 Å². The zero-order valence-corrected chi connectivity index (χ0v) is 17.2. The third-order valence-electron chi connectivity index (χ3n) is 3.65.